The van der Waals surface area contributed by atoms with Crippen molar-refractivity contribution in [1.29, 1.82) is 0 Å². The zero-order chi connectivity index (χ0) is 25.4. The van der Waals surface area contributed by atoms with E-state index >= 15 is 0 Å². The highest BCUT2D eigenvalue weighted by atomic mass is 35.5. The molecule has 1 amide bonds. The van der Waals surface area contributed by atoms with Gasteiger partial charge in [0.1, 0.15) is 22.3 Å². The van der Waals surface area contributed by atoms with Crippen LogP contribution >= 0.6 is 22.9 Å². The van der Waals surface area contributed by atoms with Gasteiger partial charge in [-0.1, -0.05) is 17.4 Å². The number of carbonyl (C=O) groups is 2. The minimum atomic E-state index is -0.967. The minimum Gasteiger partial charge on any atom is -0.382 e. The maximum Gasteiger partial charge on any atom is 0.251 e. The maximum absolute atomic E-state index is 13.9. The number of nitrogens with two attached hydrogens (primary N) is 1. The molecule has 0 bridgehead atoms. The van der Waals surface area contributed by atoms with Crippen molar-refractivity contribution in [2.45, 2.75) is 13.0 Å². The van der Waals surface area contributed by atoms with Crippen LogP contribution in [0.25, 0.3) is 0 Å². The third kappa shape index (κ3) is 6.96. The van der Waals surface area contributed by atoms with Crippen LogP contribution in [0.5, 0.6) is 0 Å². The van der Waals surface area contributed by atoms with Gasteiger partial charge in [0.15, 0.2) is 5.13 Å². The van der Waals surface area contributed by atoms with Gasteiger partial charge in [-0.3, -0.25) is 9.59 Å². The largest absolute Gasteiger partial charge is 0.382 e. The van der Waals surface area contributed by atoms with Crippen molar-refractivity contribution in [2.75, 3.05) is 38.1 Å². The normalized spacial score (nSPS) is 11.4. The predicted molar refractivity (Wildman–Crippen MR) is 133 cm³/mol. The molecule has 0 aliphatic rings. The van der Waals surface area contributed by atoms with E-state index in [1.807, 2.05) is 25.9 Å². The van der Waals surface area contributed by atoms with Crippen molar-refractivity contribution in [1.82, 2.24) is 15.2 Å². The number of nitrogens with zero attached hydrogens (tertiary/aromatic N) is 2. The lowest BCUT2D eigenvalue weighted by atomic mass is 10.1. The molecule has 0 aliphatic carbocycles. The zero-order valence-electron chi connectivity index (χ0n) is 19.2. The smallest absolute Gasteiger partial charge is 0.251 e. The van der Waals surface area contributed by atoms with Crippen molar-refractivity contribution in [2.24, 2.45) is 0 Å². The first-order chi connectivity index (χ1) is 16.2. The fourth-order valence-electron chi connectivity index (χ4n) is 3.11. The number of rotatable bonds is 8. The van der Waals surface area contributed by atoms with Gasteiger partial charge in [0, 0.05) is 30.2 Å². The first kappa shape index (κ1) is 27.2. The number of carbonyl (C=O) groups excluding carboxylic acids is 2. The molecule has 0 radical (unpaired) electrons. The Kier molecular flexibility index (Phi) is 9.91. The number of likely N-dealkylation sites (N-methyl/N-ethyl adjacent to an activating group) is 1. The molecule has 7 nitrogen and oxygen atoms in total. The standard InChI is InChI=1S/C22H23F2N5O2S.CH3Cl/c1-12(11-29(2)3)26-21(31)13-7-9-14(10-8-13)27-22-28-20(25)19(32-22)18(30)17-15(23)5-4-6-16(17)24;1-2/h4-10,12H,11,25H2,1-3H3,(H,26,31)(H,27,28);1H3/t12-;/m1./s1. The number of thiazole rings is 1. The molecule has 4 N–H and O–H groups in total. The molecule has 11 heteroatoms. The van der Waals surface area contributed by atoms with Crippen molar-refractivity contribution in [3.63, 3.8) is 0 Å². The highest BCUT2D eigenvalue weighted by molar-refractivity contribution is 7.18. The molecule has 34 heavy (non-hydrogen) atoms. The Morgan fingerprint density at radius 2 is 1.71 bits per heavy atom. The molecule has 3 aromatic rings. The number of alkyl halides is 1. The number of hydrogen-bond acceptors (Lipinski definition) is 7. The summed E-state index contributed by atoms with van der Waals surface area (Å²) in [6.07, 6.45) is 1.47. The highest BCUT2D eigenvalue weighted by Crippen LogP contribution is 2.31. The van der Waals surface area contributed by atoms with E-state index in [2.05, 4.69) is 27.2 Å². The molecular formula is C23H26ClF2N5O2S. The topological polar surface area (TPSA) is 100 Å². The predicted octanol–water partition coefficient (Wildman–Crippen LogP) is 4.51. The molecule has 0 saturated carbocycles. The quantitative estimate of drug-likeness (QED) is 0.305. The summed E-state index contributed by atoms with van der Waals surface area (Å²) < 4.78 is 27.9. The van der Waals surface area contributed by atoms with Gasteiger partial charge in [0.2, 0.25) is 5.78 Å². The summed E-state index contributed by atoms with van der Waals surface area (Å²) in [7, 11) is 3.86. The number of nitrogen functional groups attached to an aromatic ring is 1. The van der Waals surface area contributed by atoms with Crippen LogP contribution in [0, 0.1) is 11.6 Å². The van der Waals surface area contributed by atoms with Crippen LogP contribution in [0.4, 0.5) is 25.4 Å². The van der Waals surface area contributed by atoms with Gasteiger partial charge in [-0.15, -0.1) is 11.6 Å². The minimum absolute atomic E-state index is 0.0103. The Balaban J connectivity index is 0.00000199. The van der Waals surface area contributed by atoms with Crippen LogP contribution in [-0.2, 0) is 0 Å². The second-order valence-corrected chi connectivity index (χ2v) is 8.50. The zero-order valence-corrected chi connectivity index (χ0v) is 20.7. The molecule has 182 valence electrons. The Bertz CT molecular complexity index is 1120. The van der Waals surface area contributed by atoms with E-state index in [1.165, 1.54) is 12.4 Å². The lowest BCUT2D eigenvalue weighted by Crippen LogP contribution is -2.39. The number of nitrogens with one attached hydrogen (secondary N) is 2. The van der Waals surface area contributed by atoms with Crippen LogP contribution in [0.15, 0.2) is 42.5 Å². The number of benzene rings is 2. The van der Waals surface area contributed by atoms with Gasteiger partial charge in [0.25, 0.3) is 5.91 Å². The lowest BCUT2D eigenvalue weighted by Gasteiger charge is -2.18. The molecule has 0 aliphatic heterocycles. The summed E-state index contributed by atoms with van der Waals surface area (Å²) in [5, 5.41) is 6.18. The van der Waals surface area contributed by atoms with E-state index < -0.39 is 23.0 Å². The molecule has 1 aromatic heterocycles. The molecular weight excluding hydrogens is 484 g/mol. The summed E-state index contributed by atoms with van der Waals surface area (Å²) >= 11 is 5.52. The highest BCUT2D eigenvalue weighted by Gasteiger charge is 2.24. The van der Waals surface area contributed by atoms with E-state index in [-0.39, 0.29) is 27.8 Å². The van der Waals surface area contributed by atoms with Gasteiger partial charge >= 0.3 is 0 Å². The average molecular weight is 510 g/mol. The number of aromatic nitrogens is 1. The van der Waals surface area contributed by atoms with Crippen molar-refractivity contribution in [3.8, 4) is 0 Å². The number of ketones is 1. The third-order valence-corrected chi connectivity index (χ3v) is 5.45. The SMILES string of the molecule is CCl.C[C@H](CN(C)C)NC(=O)c1ccc(Nc2nc(N)c(C(=O)c3c(F)cccc3F)s2)cc1. The number of halogens is 3. The molecule has 0 unspecified atom stereocenters. The first-order valence-corrected chi connectivity index (χ1v) is 11.7. The Labute approximate surface area is 205 Å². The van der Waals surface area contributed by atoms with Gasteiger partial charge < -0.3 is 21.3 Å². The van der Waals surface area contributed by atoms with E-state index in [0.717, 1.165) is 23.5 Å². The molecule has 1 heterocycles. The third-order valence-electron chi connectivity index (χ3n) is 4.46. The Morgan fingerprint density at radius 3 is 2.26 bits per heavy atom. The Morgan fingerprint density at radius 1 is 1.12 bits per heavy atom. The molecule has 1 atom stereocenters. The summed E-state index contributed by atoms with van der Waals surface area (Å²) in [5.41, 5.74) is 6.24. The van der Waals surface area contributed by atoms with Crippen LogP contribution in [-0.4, -0.2) is 54.6 Å². The molecule has 0 saturated heterocycles. The Hall–Kier alpha value is -3.08. The molecule has 2 aromatic carbocycles. The summed E-state index contributed by atoms with van der Waals surface area (Å²) in [4.78, 5) is 30.9. The number of amides is 1. The summed E-state index contributed by atoms with van der Waals surface area (Å²) in [6.45, 7) is 2.64. The van der Waals surface area contributed by atoms with E-state index in [1.54, 1.807) is 24.3 Å². The van der Waals surface area contributed by atoms with Gasteiger partial charge in [-0.2, -0.15) is 0 Å². The molecule has 0 spiro atoms. The van der Waals surface area contributed by atoms with Crippen molar-refractivity contribution < 1.29 is 18.4 Å². The summed E-state index contributed by atoms with van der Waals surface area (Å²) in [6, 6.07) is 9.84. The van der Waals surface area contributed by atoms with Gasteiger partial charge in [-0.25, -0.2) is 13.8 Å². The molecule has 0 fully saturated rings. The fourth-order valence-corrected chi connectivity index (χ4v) is 3.96. The van der Waals surface area contributed by atoms with E-state index in [0.29, 0.717) is 17.8 Å². The number of hydrogen-bond donors (Lipinski definition) is 3. The van der Waals surface area contributed by atoms with Crippen molar-refractivity contribution >= 4 is 51.3 Å². The second-order valence-electron chi connectivity index (χ2n) is 7.50. The van der Waals surface area contributed by atoms with Crippen LogP contribution < -0.4 is 16.4 Å². The van der Waals surface area contributed by atoms with Gasteiger partial charge in [0.05, 0.1) is 5.56 Å². The van der Waals surface area contributed by atoms with E-state index in [9.17, 15) is 18.4 Å². The summed E-state index contributed by atoms with van der Waals surface area (Å²) in [5.74, 6) is -3.13. The van der Waals surface area contributed by atoms with Crippen molar-refractivity contribution in [3.05, 3.63) is 70.1 Å². The molecule has 3 rings (SSSR count). The lowest BCUT2D eigenvalue weighted by molar-refractivity contribution is 0.0933. The van der Waals surface area contributed by atoms with Crippen LogP contribution in [0.2, 0.25) is 0 Å². The number of anilines is 3. The maximum atomic E-state index is 13.9. The van der Waals surface area contributed by atoms with Gasteiger partial charge in [-0.05, 0) is 57.4 Å². The van der Waals surface area contributed by atoms with Crippen LogP contribution in [0.3, 0.4) is 0 Å². The van der Waals surface area contributed by atoms with E-state index in [4.69, 9.17) is 5.73 Å². The first-order valence-electron chi connectivity index (χ1n) is 10.1. The fraction of sp³-hybridized carbons (Fsp3) is 0.261. The second kappa shape index (κ2) is 12.4. The van der Waals surface area contributed by atoms with Crippen LogP contribution in [0.1, 0.15) is 32.5 Å². The monoisotopic (exact) mass is 509 g/mol. The average Bonchev–Trinajstić information content (AvgIpc) is 3.14.